The first-order chi connectivity index (χ1) is 10.2. The van der Waals surface area contributed by atoms with E-state index in [9.17, 15) is 9.18 Å². The molecule has 108 valence electrons. The molecule has 0 saturated heterocycles. The molecule has 2 aromatic carbocycles. The van der Waals surface area contributed by atoms with Crippen LogP contribution in [-0.4, -0.2) is 17.4 Å². The Morgan fingerprint density at radius 2 is 1.86 bits per heavy atom. The molecule has 0 spiro atoms. The summed E-state index contributed by atoms with van der Waals surface area (Å²) in [5, 5.41) is 0. The average molecular weight is 283 g/mol. The van der Waals surface area contributed by atoms with Crippen LogP contribution in [0.4, 0.5) is 4.39 Å². The minimum Gasteiger partial charge on any atom is -0.334 e. The second-order valence-corrected chi connectivity index (χ2v) is 5.54. The number of benzene rings is 2. The maximum atomic E-state index is 14.2. The van der Waals surface area contributed by atoms with Crippen LogP contribution >= 0.6 is 0 Å². The third kappa shape index (κ3) is 2.68. The Labute approximate surface area is 124 Å². The molecule has 0 bridgehead atoms. The number of carbonyl (C=O) groups is 1. The molecule has 1 amide bonds. The fourth-order valence-electron chi connectivity index (χ4n) is 2.86. The molecule has 0 aliphatic carbocycles. The summed E-state index contributed by atoms with van der Waals surface area (Å²) in [5.74, 6) is -0.618. The SMILES string of the molecule is Cc1cccc(C(=O)N2CCCc3ccccc3C2)c1F. The van der Waals surface area contributed by atoms with Crippen molar-refractivity contribution in [3.8, 4) is 0 Å². The van der Waals surface area contributed by atoms with Gasteiger partial charge in [0.2, 0.25) is 0 Å². The predicted molar refractivity (Wildman–Crippen MR) is 80.6 cm³/mol. The van der Waals surface area contributed by atoms with Gasteiger partial charge in [-0.3, -0.25) is 4.79 Å². The van der Waals surface area contributed by atoms with Gasteiger partial charge in [-0.15, -0.1) is 0 Å². The summed E-state index contributed by atoms with van der Waals surface area (Å²) in [6, 6.07) is 13.2. The third-order valence-corrected chi connectivity index (χ3v) is 4.06. The number of rotatable bonds is 1. The number of amides is 1. The standard InChI is InChI=1S/C18H18FNO/c1-13-6-4-10-16(17(13)19)18(21)20-11-5-9-14-7-2-3-8-15(14)12-20/h2-4,6-8,10H,5,9,11-12H2,1H3. The van der Waals surface area contributed by atoms with Gasteiger partial charge in [-0.2, -0.15) is 0 Å². The largest absolute Gasteiger partial charge is 0.334 e. The zero-order chi connectivity index (χ0) is 14.8. The highest BCUT2D eigenvalue weighted by atomic mass is 19.1. The van der Waals surface area contributed by atoms with Gasteiger partial charge in [-0.1, -0.05) is 36.4 Å². The summed E-state index contributed by atoms with van der Waals surface area (Å²) in [4.78, 5) is 14.4. The summed E-state index contributed by atoms with van der Waals surface area (Å²) in [6.45, 7) is 2.91. The minimum atomic E-state index is -0.403. The molecule has 2 nitrogen and oxygen atoms in total. The van der Waals surface area contributed by atoms with Crippen LogP contribution in [0.1, 0.15) is 33.5 Å². The number of nitrogens with zero attached hydrogens (tertiary/aromatic N) is 1. The Kier molecular flexibility index (Phi) is 3.74. The van der Waals surface area contributed by atoms with Gasteiger partial charge in [0.15, 0.2) is 0 Å². The Balaban J connectivity index is 1.90. The van der Waals surface area contributed by atoms with Crippen LogP contribution in [0, 0.1) is 12.7 Å². The number of carbonyl (C=O) groups excluding carboxylic acids is 1. The lowest BCUT2D eigenvalue weighted by atomic mass is 10.0. The number of hydrogen-bond acceptors (Lipinski definition) is 1. The van der Waals surface area contributed by atoms with Crippen LogP contribution in [0.5, 0.6) is 0 Å². The normalized spacial score (nSPS) is 14.5. The quantitative estimate of drug-likeness (QED) is 0.781. The average Bonchev–Trinajstić information content (AvgIpc) is 2.71. The number of hydrogen-bond donors (Lipinski definition) is 0. The molecule has 1 aliphatic heterocycles. The van der Waals surface area contributed by atoms with Crippen molar-refractivity contribution in [1.82, 2.24) is 4.90 Å². The molecule has 1 heterocycles. The van der Waals surface area contributed by atoms with Crippen molar-refractivity contribution in [1.29, 1.82) is 0 Å². The Morgan fingerprint density at radius 1 is 1.10 bits per heavy atom. The van der Waals surface area contributed by atoms with Crippen LogP contribution < -0.4 is 0 Å². The van der Waals surface area contributed by atoms with Crippen molar-refractivity contribution < 1.29 is 9.18 Å². The van der Waals surface area contributed by atoms with Gasteiger partial charge in [0.1, 0.15) is 5.82 Å². The smallest absolute Gasteiger partial charge is 0.257 e. The molecule has 3 rings (SSSR count). The van der Waals surface area contributed by atoms with Gasteiger partial charge in [0.05, 0.1) is 5.56 Å². The van der Waals surface area contributed by atoms with Crippen molar-refractivity contribution >= 4 is 5.91 Å². The first-order valence-electron chi connectivity index (χ1n) is 7.28. The second-order valence-electron chi connectivity index (χ2n) is 5.54. The van der Waals surface area contributed by atoms with Gasteiger partial charge in [0, 0.05) is 13.1 Å². The van der Waals surface area contributed by atoms with Gasteiger partial charge in [-0.05, 0) is 42.5 Å². The van der Waals surface area contributed by atoms with Crippen molar-refractivity contribution in [2.45, 2.75) is 26.3 Å². The van der Waals surface area contributed by atoms with Crippen LogP contribution in [0.15, 0.2) is 42.5 Å². The lowest BCUT2D eigenvalue weighted by Gasteiger charge is -2.21. The van der Waals surface area contributed by atoms with E-state index in [-0.39, 0.29) is 11.5 Å². The molecule has 0 atom stereocenters. The van der Waals surface area contributed by atoms with E-state index in [1.807, 2.05) is 18.2 Å². The van der Waals surface area contributed by atoms with E-state index in [4.69, 9.17) is 0 Å². The third-order valence-electron chi connectivity index (χ3n) is 4.06. The zero-order valence-electron chi connectivity index (χ0n) is 12.1. The van der Waals surface area contributed by atoms with Crippen LogP contribution in [0.3, 0.4) is 0 Å². The van der Waals surface area contributed by atoms with E-state index in [0.29, 0.717) is 18.7 Å². The monoisotopic (exact) mass is 283 g/mol. The van der Waals surface area contributed by atoms with Gasteiger partial charge in [-0.25, -0.2) is 4.39 Å². The molecular formula is C18H18FNO. The first-order valence-corrected chi connectivity index (χ1v) is 7.28. The minimum absolute atomic E-state index is 0.175. The van der Waals surface area contributed by atoms with E-state index < -0.39 is 5.82 Å². The molecule has 21 heavy (non-hydrogen) atoms. The Morgan fingerprint density at radius 3 is 2.67 bits per heavy atom. The maximum Gasteiger partial charge on any atom is 0.257 e. The van der Waals surface area contributed by atoms with E-state index in [0.717, 1.165) is 18.4 Å². The van der Waals surface area contributed by atoms with Crippen molar-refractivity contribution in [2.24, 2.45) is 0 Å². The summed E-state index contributed by atoms with van der Waals surface area (Å²) < 4.78 is 14.2. The lowest BCUT2D eigenvalue weighted by molar-refractivity contribution is 0.0741. The highest BCUT2D eigenvalue weighted by molar-refractivity contribution is 5.94. The summed E-state index contributed by atoms with van der Waals surface area (Å²) in [7, 11) is 0. The fraction of sp³-hybridized carbons (Fsp3) is 0.278. The molecule has 3 heteroatoms. The Bertz CT molecular complexity index is 681. The number of halogens is 1. The highest BCUT2D eigenvalue weighted by Crippen LogP contribution is 2.21. The molecular weight excluding hydrogens is 265 g/mol. The zero-order valence-corrected chi connectivity index (χ0v) is 12.1. The second kappa shape index (κ2) is 5.68. The molecule has 0 saturated carbocycles. The van der Waals surface area contributed by atoms with E-state index >= 15 is 0 Å². The molecule has 0 N–H and O–H groups in total. The van der Waals surface area contributed by atoms with Crippen molar-refractivity contribution in [3.05, 3.63) is 70.5 Å². The van der Waals surface area contributed by atoms with E-state index in [1.54, 1.807) is 30.0 Å². The molecule has 0 aromatic heterocycles. The molecule has 0 fully saturated rings. The van der Waals surface area contributed by atoms with Gasteiger partial charge in [0.25, 0.3) is 5.91 Å². The topological polar surface area (TPSA) is 20.3 Å². The maximum absolute atomic E-state index is 14.2. The summed E-state index contributed by atoms with van der Waals surface area (Å²) in [6.07, 6.45) is 1.88. The van der Waals surface area contributed by atoms with Crippen molar-refractivity contribution in [3.63, 3.8) is 0 Å². The molecule has 0 radical (unpaired) electrons. The molecule has 2 aromatic rings. The van der Waals surface area contributed by atoms with Crippen LogP contribution in [0.25, 0.3) is 0 Å². The van der Waals surface area contributed by atoms with Crippen LogP contribution in [-0.2, 0) is 13.0 Å². The number of fused-ring (bicyclic) bond motifs is 1. The highest BCUT2D eigenvalue weighted by Gasteiger charge is 2.22. The molecule has 1 aliphatic rings. The summed E-state index contributed by atoms with van der Waals surface area (Å²) >= 11 is 0. The van der Waals surface area contributed by atoms with E-state index in [2.05, 4.69) is 6.07 Å². The van der Waals surface area contributed by atoms with Crippen molar-refractivity contribution in [2.75, 3.05) is 6.54 Å². The Hall–Kier alpha value is -2.16. The van der Waals surface area contributed by atoms with Gasteiger partial charge >= 0.3 is 0 Å². The fourth-order valence-corrected chi connectivity index (χ4v) is 2.86. The van der Waals surface area contributed by atoms with E-state index in [1.165, 1.54) is 5.56 Å². The molecule has 0 unspecified atom stereocenters. The first kappa shape index (κ1) is 13.8. The number of aryl methyl sites for hydroxylation is 2. The lowest BCUT2D eigenvalue weighted by Crippen LogP contribution is -2.31. The van der Waals surface area contributed by atoms with Crippen LogP contribution in [0.2, 0.25) is 0 Å². The van der Waals surface area contributed by atoms with Gasteiger partial charge < -0.3 is 4.90 Å². The predicted octanol–water partition coefficient (Wildman–Crippen LogP) is 3.72. The summed E-state index contributed by atoms with van der Waals surface area (Å²) in [5.41, 5.74) is 3.14.